The summed E-state index contributed by atoms with van der Waals surface area (Å²) in [4.78, 5) is 6.93. The summed E-state index contributed by atoms with van der Waals surface area (Å²) in [6, 6.07) is 20.8. The summed E-state index contributed by atoms with van der Waals surface area (Å²) in [6.45, 7) is 1.63. The van der Waals surface area contributed by atoms with Crippen molar-refractivity contribution in [3.63, 3.8) is 0 Å². The molecular formula is C23H24N4OS. The van der Waals surface area contributed by atoms with Crippen molar-refractivity contribution in [2.24, 2.45) is 0 Å². The Morgan fingerprint density at radius 3 is 2.69 bits per heavy atom. The van der Waals surface area contributed by atoms with Crippen LogP contribution in [0.25, 0.3) is 5.69 Å². The summed E-state index contributed by atoms with van der Waals surface area (Å²) in [5.74, 6) is 0. The first-order valence-corrected chi connectivity index (χ1v) is 10.5. The third-order valence-electron chi connectivity index (χ3n) is 5.74. The zero-order valence-electron chi connectivity index (χ0n) is 16.1. The van der Waals surface area contributed by atoms with Crippen LogP contribution in [0.5, 0.6) is 0 Å². The highest BCUT2D eigenvalue weighted by atomic mass is 32.1. The Morgan fingerprint density at radius 2 is 1.93 bits per heavy atom. The van der Waals surface area contributed by atoms with E-state index < -0.39 is 0 Å². The maximum Gasteiger partial charge on any atom is 0.170 e. The first-order valence-electron chi connectivity index (χ1n) is 10.1. The van der Waals surface area contributed by atoms with Crippen LogP contribution in [0.15, 0.2) is 73.1 Å². The van der Waals surface area contributed by atoms with Gasteiger partial charge in [-0.1, -0.05) is 24.3 Å². The molecule has 5 nitrogen and oxygen atoms in total. The van der Waals surface area contributed by atoms with Crippen molar-refractivity contribution in [2.75, 3.05) is 13.2 Å². The summed E-state index contributed by atoms with van der Waals surface area (Å²) < 4.78 is 8.18. The van der Waals surface area contributed by atoms with Crippen LogP contribution in [0.1, 0.15) is 36.3 Å². The van der Waals surface area contributed by atoms with Crippen LogP contribution >= 0.6 is 12.2 Å². The smallest absolute Gasteiger partial charge is 0.170 e. The molecule has 148 valence electrons. The normalized spacial score (nSPS) is 24.1. The highest BCUT2D eigenvalue weighted by molar-refractivity contribution is 7.80. The fourth-order valence-corrected chi connectivity index (χ4v) is 4.71. The van der Waals surface area contributed by atoms with Gasteiger partial charge in [0.05, 0.1) is 23.9 Å². The zero-order chi connectivity index (χ0) is 19.6. The van der Waals surface area contributed by atoms with Crippen molar-refractivity contribution >= 4 is 17.3 Å². The highest BCUT2D eigenvalue weighted by Crippen LogP contribution is 2.40. The van der Waals surface area contributed by atoms with Crippen LogP contribution in [-0.2, 0) is 4.74 Å². The lowest BCUT2D eigenvalue weighted by Crippen LogP contribution is -2.36. The second-order valence-electron chi connectivity index (χ2n) is 7.55. The van der Waals surface area contributed by atoms with E-state index in [-0.39, 0.29) is 18.2 Å². The first-order chi connectivity index (χ1) is 14.3. The Labute approximate surface area is 176 Å². The number of aromatic nitrogens is 2. The number of benzene rings is 1. The molecule has 6 heteroatoms. The SMILES string of the molecule is S=C1N[C@H](c2ccccn2)[C@@H](c2cccn2-c2ccccc2)N1C[C@H]1CCCO1. The molecule has 5 rings (SSSR count). The largest absolute Gasteiger partial charge is 0.376 e. The van der Waals surface area contributed by atoms with E-state index in [1.165, 1.54) is 5.69 Å². The lowest BCUT2D eigenvalue weighted by Gasteiger charge is -2.30. The van der Waals surface area contributed by atoms with Gasteiger partial charge in [-0.05, 0) is 61.5 Å². The number of rotatable bonds is 5. The van der Waals surface area contributed by atoms with Gasteiger partial charge < -0.3 is 19.5 Å². The van der Waals surface area contributed by atoms with Gasteiger partial charge in [0.2, 0.25) is 0 Å². The lowest BCUT2D eigenvalue weighted by molar-refractivity contribution is 0.0836. The van der Waals surface area contributed by atoms with Crippen molar-refractivity contribution in [1.82, 2.24) is 19.8 Å². The minimum absolute atomic E-state index is 0.0116. The molecule has 29 heavy (non-hydrogen) atoms. The maximum absolute atomic E-state index is 5.93. The molecule has 0 radical (unpaired) electrons. The lowest BCUT2D eigenvalue weighted by atomic mass is 10.0. The van der Waals surface area contributed by atoms with Crippen molar-refractivity contribution in [2.45, 2.75) is 31.0 Å². The Morgan fingerprint density at radius 1 is 1.07 bits per heavy atom. The molecular weight excluding hydrogens is 380 g/mol. The molecule has 2 saturated heterocycles. The molecule has 1 N–H and O–H groups in total. The molecule has 3 atom stereocenters. The maximum atomic E-state index is 5.93. The second kappa shape index (κ2) is 7.97. The van der Waals surface area contributed by atoms with Gasteiger partial charge in [0.1, 0.15) is 0 Å². The molecule has 0 unspecified atom stereocenters. The number of pyridine rings is 1. The number of thiocarbonyl (C=S) groups is 1. The van der Waals surface area contributed by atoms with Crippen LogP contribution < -0.4 is 5.32 Å². The third-order valence-corrected chi connectivity index (χ3v) is 6.09. The van der Waals surface area contributed by atoms with Gasteiger partial charge in [0.15, 0.2) is 5.11 Å². The molecule has 2 aliphatic rings. The number of ether oxygens (including phenoxy) is 1. The van der Waals surface area contributed by atoms with Gasteiger partial charge in [-0.25, -0.2) is 0 Å². The Balaban J connectivity index is 1.57. The molecule has 2 aromatic heterocycles. The average Bonchev–Trinajstić information content (AvgIpc) is 3.51. The van der Waals surface area contributed by atoms with Crippen LogP contribution in [0.4, 0.5) is 0 Å². The van der Waals surface area contributed by atoms with Crippen LogP contribution in [0.3, 0.4) is 0 Å². The molecule has 1 aromatic carbocycles. The molecule has 0 spiro atoms. The minimum atomic E-state index is -0.0116. The van der Waals surface area contributed by atoms with Crippen LogP contribution in [0.2, 0.25) is 0 Å². The average molecular weight is 405 g/mol. The molecule has 2 aliphatic heterocycles. The highest BCUT2D eigenvalue weighted by Gasteiger charge is 2.42. The van der Waals surface area contributed by atoms with E-state index in [1.54, 1.807) is 0 Å². The summed E-state index contributed by atoms with van der Waals surface area (Å²) in [5, 5.41) is 4.30. The summed E-state index contributed by atoms with van der Waals surface area (Å²) in [6.07, 6.45) is 6.38. The van der Waals surface area contributed by atoms with Crippen LogP contribution in [0, 0.1) is 0 Å². The minimum Gasteiger partial charge on any atom is -0.376 e. The monoisotopic (exact) mass is 404 g/mol. The standard InChI is InChI=1S/C23H24N4OS/c29-23-25-21(19-11-4-5-13-24-19)22(27(23)16-18-10-7-15-28-18)20-12-6-14-26(20)17-8-2-1-3-9-17/h1-6,8-9,11-14,18,21-22H,7,10,15-16H2,(H,25,29)/t18-,21-,22-/m1/s1. The summed E-state index contributed by atoms with van der Waals surface area (Å²) in [5.41, 5.74) is 3.33. The van der Waals surface area contributed by atoms with E-state index in [9.17, 15) is 0 Å². The van der Waals surface area contributed by atoms with E-state index in [2.05, 4.69) is 68.4 Å². The van der Waals surface area contributed by atoms with Gasteiger partial charge in [0.25, 0.3) is 0 Å². The quantitative estimate of drug-likeness (QED) is 0.651. The van der Waals surface area contributed by atoms with Crippen LogP contribution in [-0.4, -0.2) is 38.8 Å². The van der Waals surface area contributed by atoms with Crippen molar-refractivity contribution < 1.29 is 4.74 Å². The number of nitrogens with zero attached hydrogens (tertiary/aromatic N) is 3. The molecule has 0 saturated carbocycles. The predicted octanol–water partition coefficient (Wildman–Crippen LogP) is 4.02. The summed E-state index contributed by atoms with van der Waals surface area (Å²) >= 11 is 5.79. The van der Waals surface area contributed by atoms with Gasteiger partial charge in [-0.15, -0.1) is 0 Å². The first kappa shape index (κ1) is 18.3. The number of hydrogen-bond acceptors (Lipinski definition) is 3. The number of hydrogen-bond donors (Lipinski definition) is 1. The van der Waals surface area contributed by atoms with Crippen molar-refractivity contribution in [3.8, 4) is 5.69 Å². The predicted molar refractivity (Wildman–Crippen MR) is 117 cm³/mol. The molecule has 0 bridgehead atoms. The van der Waals surface area contributed by atoms with Gasteiger partial charge in [-0.2, -0.15) is 0 Å². The number of nitrogens with one attached hydrogen (secondary N) is 1. The topological polar surface area (TPSA) is 42.3 Å². The van der Waals surface area contributed by atoms with Crippen molar-refractivity contribution in [3.05, 3.63) is 84.4 Å². The molecule has 0 amide bonds. The molecule has 3 aromatic rings. The molecule has 2 fully saturated rings. The van der Waals surface area contributed by atoms with E-state index in [0.717, 1.165) is 42.5 Å². The Hall–Kier alpha value is -2.70. The Bertz CT molecular complexity index is 969. The fourth-order valence-electron chi connectivity index (χ4n) is 4.39. The van der Waals surface area contributed by atoms with Gasteiger partial charge in [-0.3, -0.25) is 4.98 Å². The van der Waals surface area contributed by atoms with Gasteiger partial charge >= 0.3 is 0 Å². The zero-order valence-corrected chi connectivity index (χ0v) is 17.0. The van der Waals surface area contributed by atoms with E-state index in [0.29, 0.717) is 0 Å². The molecule has 0 aliphatic carbocycles. The Kier molecular flexibility index (Phi) is 5.04. The van der Waals surface area contributed by atoms with E-state index >= 15 is 0 Å². The second-order valence-corrected chi connectivity index (χ2v) is 7.94. The third kappa shape index (κ3) is 3.54. The summed E-state index contributed by atoms with van der Waals surface area (Å²) in [7, 11) is 0. The number of para-hydroxylation sites is 1. The van der Waals surface area contributed by atoms with Gasteiger partial charge in [0, 0.05) is 36.9 Å². The van der Waals surface area contributed by atoms with E-state index in [1.807, 2.05) is 24.4 Å². The van der Waals surface area contributed by atoms with E-state index in [4.69, 9.17) is 17.0 Å². The molecule has 4 heterocycles. The fraction of sp³-hybridized carbons (Fsp3) is 0.304. The van der Waals surface area contributed by atoms with Crippen molar-refractivity contribution in [1.29, 1.82) is 0 Å².